The molecule has 6 heteroatoms. The maximum absolute atomic E-state index is 12.8. The summed E-state index contributed by atoms with van der Waals surface area (Å²) in [5, 5.41) is 8.39. The number of carbonyl (C=O) groups excluding carboxylic acids is 1. The van der Waals surface area contributed by atoms with Crippen LogP contribution >= 0.6 is 11.8 Å². The van der Waals surface area contributed by atoms with Gasteiger partial charge in [0.25, 0.3) is 0 Å². The van der Waals surface area contributed by atoms with Gasteiger partial charge < -0.3 is 9.47 Å². The normalized spacial score (nSPS) is 14.5. The maximum atomic E-state index is 12.8. The van der Waals surface area contributed by atoms with Crippen molar-refractivity contribution in [2.75, 3.05) is 7.05 Å². The van der Waals surface area contributed by atoms with Gasteiger partial charge in [-0.1, -0.05) is 25.1 Å². The molecule has 1 aliphatic heterocycles. The topological polar surface area (TPSA) is 51.0 Å². The highest BCUT2D eigenvalue weighted by molar-refractivity contribution is 8.00. The molecule has 1 aliphatic rings. The molecule has 0 aliphatic carbocycles. The van der Waals surface area contributed by atoms with Crippen molar-refractivity contribution in [1.82, 2.24) is 19.7 Å². The van der Waals surface area contributed by atoms with Crippen LogP contribution < -0.4 is 0 Å². The van der Waals surface area contributed by atoms with E-state index in [1.807, 2.05) is 37.4 Å². The molecule has 1 aromatic heterocycles. The molecule has 5 nitrogen and oxygen atoms in total. The first-order valence-electron chi connectivity index (χ1n) is 8.06. The quantitative estimate of drug-likeness (QED) is 0.764. The number of carbonyl (C=O) groups is 1. The van der Waals surface area contributed by atoms with Crippen molar-refractivity contribution in [1.29, 1.82) is 0 Å². The van der Waals surface area contributed by atoms with Crippen LogP contribution in [0.15, 0.2) is 35.2 Å². The van der Waals surface area contributed by atoms with Gasteiger partial charge in [-0.3, -0.25) is 4.79 Å². The summed E-state index contributed by atoms with van der Waals surface area (Å²) in [6, 6.07) is 10.1. The van der Waals surface area contributed by atoms with Crippen molar-refractivity contribution >= 4 is 17.7 Å². The van der Waals surface area contributed by atoms with E-state index >= 15 is 0 Å². The van der Waals surface area contributed by atoms with Crippen LogP contribution in [0.3, 0.4) is 0 Å². The van der Waals surface area contributed by atoms with Crippen LogP contribution in [-0.4, -0.2) is 37.9 Å². The van der Waals surface area contributed by atoms with E-state index in [0.29, 0.717) is 6.54 Å². The van der Waals surface area contributed by atoms with E-state index in [4.69, 9.17) is 0 Å². The van der Waals surface area contributed by atoms with Gasteiger partial charge in [-0.15, -0.1) is 22.0 Å². The lowest BCUT2D eigenvalue weighted by Gasteiger charge is -2.22. The van der Waals surface area contributed by atoms with Crippen molar-refractivity contribution in [2.24, 2.45) is 0 Å². The van der Waals surface area contributed by atoms with Crippen molar-refractivity contribution in [3.63, 3.8) is 0 Å². The van der Waals surface area contributed by atoms with Gasteiger partial charge in [0.15, 0.2) is 5.82 Å². The lowest BCUT2D eigenvalue weighted by Crippen LogP contribution is -2.34. The molecule has 3 rings (SSSR count). The molecule has 1 aromatic carbocycles. The van der Waals surface area contributed by atoms with E-state index < -0.39 is 0 Å². The Balaban J connectivity index is 1.65. The Bertz CT molecular complexity index is 670. The molecule has 0 radical (unpaired) electrons. The third kappa shape index (κ3) is 3.58. The van der Waals surface area contributed by atoms with E-state index in [9.17, 15) is 4.79 Å². The van der Waals surface area contributed by atoms with Gasteiger partial charge in [0, 0.05) is 24.9 Å². The Hall–Kier alpha value is -1.82. The van der Waals surface area contributed by atoms with Crippen LogP contribution in [0.25, 0.3) is 0 Å². The Morgan fingerprint density at radius 3 is 2.87 bits per heavy atom. The number of fused-ring (bicyclic) bond motifs is 1. The summed E-state index contributed by atoms with van der Waals surface area (Å²) in [6.45, 7) is 3.55. The highest BCUT2D eigenvalue weighted by Crippen LogP contribution is 2.26. The minimum absolute atomic E-state index is 0.0663. The molecular formula is C17H22N4OS. The van der Waals surface area contributed by atoms with Crippen LogP contribution in [0.2, 0.25) is 0 Å². The van der Waals surface area contributed by atoms with Crippen molar-refractivity contribution in [3.8, 4) is 0 Å². The minimum Gasteiger partial charge on any atom is -0.337 e. The van der Waals surface area contributed by atoms with Gasteiger partial charge in [-0.25, -0.2) is 0 Å². The molecule has 0 N–H and O–H groups in total. The number of rotatable bonds is 6. The molecule has 0 saturated carbocycles. The molecule has 0 spiro atoms. The van der Waals surface area contributed by atoms with E-state index in [-0.39, 0.29) is 11.2 Å². The molecular weight excluding hydrogens is 308 g/mol. The van der Waals surface area contributed by atoms with Crippen molar-refractivity contribution in [2.45, 2.75) is 49.4 Å². The van der Waals surface area contributed by atoms with Crippen molar-refractivity contribution in [3.05, 3.63) is 42.0 Å². The largest absolute Gasteiger partial charge is 0.337 e. The predicted octanol–water partition coefficient (Wildman–Crippen LogP) is 2.75. The summed E-state index contributed by atoms with van der Waals surface area (Å²) in [6.07, 6.45) is 2.92. The van der Waals surface area contributed by atoms with Crippen LogP contribution in [0.4, 0.5) is 0 Å². The van der Waals surface area contributed by atoms with E-state index in [1.54, 1.807) is 16.7 Å². The van der Waals surface area contributed by atoms with Crippen molar-refractivity contribution < 1.29 is 4.79 Å². The number of amides is 1. The van der Waals surface area contributed by atoms with Gasteiger partial charge in [0.2, 0.25) is 5.91 Å². The van der Waals surface area contributed by atoms with Gasteiger partial charge >= 0.3 is 0 Å². The molecule has 2 aromatic rings. The second-order valence-electron chi connectivity index (χ2n) is 5.81. The fraction of sp³-hybridized carbons (Fsp3) is 0.471. The third-order valence-electron chi connectivity index (χ3n) is 4.11. The van der Waals surface area contributed by atoms with E-state index in [0.717, 1.165) is 42.4 Å². The molecule has 0 unspecified atom stereocenters. The Morgan fingerprint density at radius 2 is 2.13 bits per heavy atom. The summed E-state index contributed by atoms with van der Waals surface area (Å²) in [4.78, 5) is 15.7. The summed E-state index contributed by atoms with van der Waals surface area (Å²) >= 11 is 1.63. The first kappa shape index (κ1) is 16.1. The molecule has 0 fully saturated rings. The molecule has 0 saturated heterocycles. The van der Waals surface area contributed by atoms with Gasteiger partial charge in [-0.05, 0) is 25.0 Å². The molecule has 2 heterocycles. The van der Waals surface area contributed by atoms with Crippen LogP contribution in [-0.2, 0) is 24.3 Å². The molecule has 1 atom stereocenters. The monoisotopic (exact) mass is 330 g/mol. The molecule has 1 amide bonds. The third-order valence-corrected chi connectivity index (χ3v) is 5.47. The summed E-state index contributed by atoms with van der Waals surface area (Å²) in [5.74, 6) is 2.09. The lowest BCUT2D eigenvalue weighted by molar-refractivity contribution is -0.130. The number of thioether (sulfide) groups is 1. The molecule has 122 valence electrons. The van der Waals surface area contributed by atoms with Gasteiger partial charge in [0.1, 0.15) is 5.82 Å². The second-order valence-corrected chi connectivity index (χ2v) is 7.09. The molecule has 0 bridgehead atoms. The van der Waals surface area contributed by atoms with Crippen LogP contribution in [0, 0.1) is 0 Å². The number of benzene rings is 1. The van der Waals surface area contributed by atoms with E-state index in [1.165, 1.54) is 0 Å². The minimum atomic E-state index is -0.0663. The number of aromatic nitrogens is 3. The Morgan fingerprint density at radius 1 is 1.35 bits per heavy atom. The van der Waals surface area contributed by atoms with Crippen LogP contribution in [0.5, 0.6) is 0 Å². The van der Waals surface area contributed by atoms with Gasteiger partial charge in [0.05, 0.1) is 11.8 Å². The van der Waals surface area contributed by atoms with Crippen LogP contribution in [0.1, 0.15) is 31.4 Å². The second kappa shape index (κ2) is 7.17. The maximum Gasteiger partial charge on any atom is 0.236 e. The number of nitrogens with zero attached hydrogens (tertiary/aromatic N) is 4. The first-order valence-corrected chi connectivity index (χ1v) is 8.94. The number of hydrogen-bond donors (Lipinski definition) is 0. The molecule has 23 heavy (non-hydrogen) atoms. The summed E-state index contributed by atoms with van der Waals surface area (Å²) in [7, 11) is 1.85. The zero-order valence-electron chi connectivity index (χ0n) is 13.6. The van der Waals surface area contributed by atoms with Gasteiger partial charge in [-0.2, -0.15) is 0 Å². The zero-order valence-corrected chi connectivity index (χ0v) is 14.4. The van der Waals surface area contributed by atoms with E-state index in [2.05, 4.69) is 21.7 Å². The Kier molecular flexibility index (Phi) is 5.00. The summed E-state index contributed by atoms with van der Waals surface area (Å²) in [5.41, 5.74) is 0. The highest BCUT2D eigenvalue weighted by Gasteiger charge is 2.24. The summed E-state index contributed by atoms with van der Waals surface area (Å²) < 4.78 is 2.15. The SMILES string of the molecule is CC[C@@H](Sc1ccccc1)C(=O)N(C)Cc1nnc2n1CCC2. The fourth-order valence-electron chi connectivity index (χ4n) is 2.84. The zero-order chi connectivity index (χ0) is 16.2. The standard InChI is InChI=1S/C17H22N4OS/c1-3-14(23-13-8-5-4-6-9-13)17(22)20(2)12-16-19-18-15-10-7-11-21(15)16/h4-6,8-9,14H,3,7,10-12H2,1-2H3/t14-/m1/s1. The Labute approximate surface area is 141 Å². The fourth-order valence-corrected chi connectivity index (χ4v) is 3.93. The highest BCUT2D eigenvalue weighted by atomic mass is 32.2. The first-order chi connectivity index (χ1) is 11.2. The average Bonchev–Trinajstić information content (AvgIpc) is 3.18. The predicted molar refractivity (Wildman–Crippen MR) is 91.2 cm³/mol. The number of aryl methyl sites for hydroxylation is 1. The lowest BCUT2D eigenvalue weighted by atomic mass is 10.3. The smallest absolute Gasteiger partial charge is 0.236 e. The number of hydrogen-bond acceptors (Lipinski definition) is 4. The average molecular weight is 330 g/mol.